The highest BCUT2D eigenvalue weighted by Crippen LogP contribution is 2.38. The molecule has 8 heteroatoms. The van der Waals surface area contributed by atoms with E-state index >= 15 is 0 Å². The van der Waals surface area contributed by atoms with Crippen molar-refractivity contribution in [2.24, 2.45) is 7.05 Å². The number of thiophene rings is 1. The Balaban J connectivity index is 1.69. The second-order valence-corrected chi connectivity index (χ2v) is 9.69. The minimum Gasteiger partial charge on any atom is -0.370 e. The molecule has 0 aliphatic carbocycles. The number of ether oxygens (including phenoxy) is 1. The summed E-state index contributed by atoms with van der Waals surface area (Å²) in [4.78, 5) is 15.2. The Morgan fingerprint density at radius 3 is 2.82 bits per heavy atom. The van der Waals surface area contributed by atoms with Gasteiger partial charge in [-0.25, -0.2) is 4.40 Å². The van der Waals surface area contributed by atoms with Crippen LogP contribution in [0, 0.1) is 0 Å². The maximum Gasteiger partial charge on any atom is 0.263 e. The average Bonchev–Trinajstić information content (AvgIpc) is 3.26. The average molecular weight is 413 g/mol. The van der Waals surface area contributed by atoms with E-state index in [0.29, 0.717) is 12.4 Å². The lowest BCUT2D eigenvalue weighted by Gasteiger charge is -2.29. The van der Waals surface area contributed by atoms with Gasteiger partial charge in [-0.05, 0) is 25.0 Å². The molecular weight excluding hydrogens is 392 g/mol. The van der Waals surface area contributed by atoms with E-state index in [0.717, 1.165) is 38.0 Å². The van der Waals surface area contributed by atoms with Gasteiger partial charge >= 0.3 is 0 Å². The fourth-order valence-electron chi connectivity index (χ4n) is 3.65. The maximum atomic E-state index is 13.1. The Morgan fingerprint density at radius 2 is 2.04 bits per heavy atom. The number of benzene rings is 1. The minimum absolute atomic E-state index is 0.00953. The number of hydrogen-bond donors (Lipinski definition) is 0. The zero-order valence-corrected chi connectivity index (χ0v) is 17.6. The number of aromatic nitrogens is 4. The third-order valence-electron chi connectivity index (χ3n) is 5.12. The molecule has 1 aliphatic rings. The van der Waals surface area contributed by atoms with Gasteiger partial charge in [0, 0.05) is 24.1 Å². The molecule has 0 radical (unpaired) electrons. The van der Waals surface area contributed by atoms with Gasteiger partial charge in [0.2, 0.25) is 5.78 Å². The van der Waals surface area contributed by atoms with Gasteiger partial charge in [0.15, 0.2) is 5.16 Å². The van der Waals surface area contributed by atoms with Crippen LogP contribution in [0.15, 0.2) is 40.3 Å². The summed E-state index contributed by atoms with van der Waals surface area (Å²) in [7, 11) is 1.77. The second kappa shape index (κ2) is 6.43. The largest absolute Gasteiger partial charge is 0.370 e. The smallest absolute Gasteiger partial charge is 0.263 e. The number of fused-ring (bicyclic) bond motifs is 5. The van der Waals surface area contributed by atoms with Crippen molar-refractivity contribution in [3.63, 3.8) is 0 Å². The number of hydrogen-bond acceptors (Lipinski definition) is 6. The summed E-state index contributed by atoms with van der Waals surface area (Å²) < 4.78 is 9.61. The molecule has 0 N–H and O–H groups in total. The molecule has 144 valence electrons. The lowest BCUT2D eigenvalue weighted by molar-refractivity contribution is -0.0379. The van der Waals surface area contributed by atoms with Crippen molar-refractivity contribution in [3.05, 3.63) is 56.7 Å². The summed E-state index contributed by atoms with van der Waals surface area (Å²) in [6.07, 6.45) is 0.734. The summed E-state index contributed by atoms with van der Waals surface area (Å²) >= 11 is 3.26. The number of rotatable bonds is 3. The summed E-state index contributed by atoms with van der Waals surface area (Å²) in [5, 5.41) is 10.3. The second-order valence-electron chi connectivity index (χ2n) is 7.67. The van der Waals surface area contributed by atoms with Crippen LogP contribution < -0.4 is 5.56 Å². The summed E-state index contributed by atoms with van der Waals surface area (Å²) in [5.74, 6) is 1.37. The van der Waals surface area contributed by atoms with Crippen LogP contribution in [0.2, 0.25) is 0 Å². The van der Waals surface area contributed by atoms with E-state index in [1.165, 1.54) is 5.56 Å². The third kappa shape index (κ3) is 2.78. The van der Waals surface area contributed by atoms with Crippen LogP contribution in [0.1, 0.15) is 29.9 Å². The molecule has 0 amide bonds. The Kier molecular flexibility index (Phi) is 4.12. The quantitative estimate of drug-likeness (QED) is 0.479. The highest BCUT2D eigenvalue weighted by molar-refractivity contribution is 7.98. The van der Waals surface area contributed by atoms with Crippen molar-refractivity contribution in [1.29, 1.82) is 0 Å². The Morgan fingerprint density at radius 1 is 1.25 bits per heavy atom. The fourth-order valence-corrected chi connectivity index (χ4v) is 5.82. The van der Waals surface area contributed by atoms with Crippen LogP contribution >= 0.6 is 23.1 Å². The van der Waals surface area contributed by atoms with Gasteiger partial charge in [0.25, 0.3) is 5.56 Å². The Labute approximate surface area is 170 Å². The molecule has 28 heavy (non-hydrogen) atoms. The molecule has 4 aromatic rings. The van der Waals surface area contributed by atoms with Crippen molar-refractivity contribution >= 4 is 39.1 Å². The molecule has 0 spiro atoms. The minimum atomic E-state index is -0.265. The summed E-state index contributed by atoms with van der Waals surface area (Å²) in [5.41, 5.74) is 2.07. The molecule has 0 fully saturated rings. The maximum absolute atomic E-state index is 13.1. The van der Waals surface area contributed by atoms with Crippen molar-refractivity contribution < 1.29 is 4.74 Å². The molecule has 3 aromatic heterocycles. The molecule has 1 aliphatic heterocycles. The number of thioether (sulfide) groups is 1. The SMILES string of the molecule is Cn1c(=O)c2c3c(sc2n2c(SCc4ccccc4)nnc12)COC(C)(C)C3. The van der Waals surface area contributed by atoms with E-state index in [-0.39, 0.29) is 11.2 Å². The summed E-state index contributed by atoms with van der Waals surface area (Å²) in [6, 6.07) is 10.3. The molecule has 5 rings (SSSR count). The molecule has 0 saturated carbocycles. The summed E-state index contributed by atoms with van der Waals surface area (Å²) in [6.45, 7) is 4.69. The van der Waals surface area contributed by atoms with Gasteiger partial charge in [0.05, 0.1) is 17.6 Å². The van der Waals surface area contributed by atoms with Crippen molar-refractivity contribution in [3.8, 4) is 0 Å². The first kappa shape index (κ1) is 17.9. The lowest BCUT2D eigenvalue weighted by Crippen LogP contribution is -2.32. The predicted octanol–water partition coefficient (Wildman–Crippen LogP) is 3.79. The van der Waals surface area contributed by atoms with Crippen LogP contribution in [0.25, 0.3) is 16.0 Å². The highest BCUT2D eigenvalue weighted by Gasteiger charge is 2.31. The number of aryl methyl sites for hydroxylation is 1. The van der Waals surface area contributed by atoms with E-state index in [1.54, 1.807) is 34.7 Å². The lowest BCUT2D eigenvalue weighted by atomic mass is 9.94. The van der Waals surface area contributed by atoms with Gasteiger partial charge in [-0.1, -0.05) is 42.1 Å². The molecule has 4 heterocycles. The predicted molar refractivity (Wildman–Crippen MR) is 112 cm³/mol. The fraction of sp³-hybridized carbons (Fsp3) is 0.350. The third-order valence-corrected chi connectivity index (χ3v) is 7.31. The Hall–Kier alpha value is -2.16. The monoisotopic (exact) mass is 412 g/mol. The molecule has 6 nitrogen and oxygen atoms in total. The van der Waals surface area contributed by atoms with Crippen molar-refractivity contribution in [2.45, 2.75) is 43.4 Å². The zero-order valence-electron chi connectivity index (χ0n) is 15.9. The van der Waals surface area contributed by atoms with Gasteiger partial charge in [0.1, 0.15) is 4.83 Å². The van der Waals surface area contributed by atoms with Gasteiger partial charge in [-0.3, -0.25) is 9.36 Å². The van der Waals surface area contributed by atoms with E-state index in [1.807, 2.05) is 22.6 Å². The van der Waals surface area contributed by atoms with Gasteiger partial charge in [-0.15, -0.1) is 21.5 Å². The molecule has 1 aromatic carbocycles. The van der Waals surface area contributed by atoms with Gasteiger partial charge in [-0.2, -0.15) is 0 Å². The van der Waals surface area contributed by atoms with E-state index in [2.05, 4.69) is 36.2 Å². The van der Waals surface area contributed by atoms with Crippen LogP contribution in [0.4, 0.5) is 0 Å². The molecule has 0 atom stereocenters. The standard InChI is InChI=1S/C20H20N4O2S2/c1-20(2)9-13-14(10-26-20)28-17-15(13)16(25)23(3)18-21-22-19(24(17)18)27-11-12-7-5-4-6-8-12/h4-8H,9-11H2,1-3H3. The first-order valence-electron chi connectivity index (χ1n) is 9.14. The van der Waals surface area contributed by atoms with Crippen LogP contribution in [0.5, 0.6) is 0 Å². The number of nitrogens with zero attached hydrogens (tertiary/aromatic N) is 4. The van der Waals surface area contributed by atoms with Gasteiger partial charge < -0.3 is 4.74 Å². The van der Waals surface area contributed by atoms with Crippen LogP contribution in [-0.2, 0) is 30.6 Å². The molecule has 0 saturated heterocycles. The Bertz CT molecular complexity index is 1250. The van der Waals surface area contributed by atoms with E-state index in [4.69, 9.17) is 4.74 Å². The van der Waals surface area contributed by atoms with Crippen molar-refractivity contribution in [1.82, 2.24) is 19.2 Å². The molecular formula is C20H20N4O2S2. The zero-order chi connectivity index (χ0) is 19.5. The van der Waals surface area contributed by atoms with E-state index in [9.17, 15) is 4.79 Å². The normalized spacial score (nSPS) is 16.0. The van der Waals surface area contributed by atoms with Crippen LogP contribution in [0.3, 0.4) is 0 Å². The van der Waals surface area contributed by atoms with Crippen LogP contribution in [-0.4, -0.2) is 24.8 Å². The molecule has 0 unspecified atom stereocenters. The van der Waals surface area contributed by atoms with Crippen molar-refractivity contribution in [2.75, 3.05) is 0 Å². The topological polar surface area (TPSA) is 61.4 Å². The van der Waals surface area contributed by atoms with E-state index < -0.39 is 0 Å². The molecule has 0 bridgehead atoms. The first-order chi connectivity index (χ1) is 13.4. The first-order valence-corrected chi connectivity index (χ1v) is 10.9. The highest BCUT2D eigenvalue weighted by atomic mass is 32.2.